The lowest BCUT2D eigenvalue weighted by Gasteiger charge is -2.09. The van der Waals surface area contributed by atoms with E-state index in [9.17, 15) is 0 Å². The fourth-order valence-corrected chi connectivity index (χ4v) is 1.18. The van der Waals surface area contributed by atoms with Crippen molar-refractivity contribution in [1.82, 2.24) is 0 Å². The number of hydrogen-bond donors (Lipinski definition) is 1. The Morgan fingerprint density at radius 2 is 2.36 bits per heavy atom. The Labute approximate surface area is 83.3 Å². The topological polar surface area (TPSA) is 42.0 Å². The van der Waals surface area contributed by atoms with E-state index in [2.05, 4.69) is 0 Å². The molecule has 3 nitrogen and oxygen atoms in total. The van der Waals surface area contributed by atoms with Gasteiger partial charge in [-0.25, -0.2) is 0 Å². The molecule has 1 aliphatic heterocycles. The summed E-state index contributed by atoms with van der Waals surface area (Å²) < 4.78 is 10.7. The Morgan fingerprint density at radius 1 is 1.57 bits per heavy atom. The summed E-state index contributed by atoms with van der Waals surface area (Å²) in [6, 6.07) is 7.45. The molecule has 2 rings (SSSR count). The molecule has 0 aliphatic carbocycles. The van der Waals surface area contributed by atoms with Gasteiger partial charge in [0.25, 0.3) is 0 Å². The van der Waals surface area contributed by atoms with Gasteiger partial charge < -0.3 is 14.6 Å². The summed E-state index contributed by atoms with van der Waals surface area (Å²) in [6.45, 7) is 3.41. The average Bonchev–Trinajstić information content (AvgIpc) is 2.95. The Balaban J connectivity index is 1.94. The van der Waals surface area contributed by atoms with Crippen molar-refractivity contribution < 1.29 is 14.6 Å². The number of benzene rings is 1. The largest absolute Gasteiger partial charge is 0.490 e. The Hall–Kier alpha value is -1.06. The molecule has 1 unspecified atom stereocenters. The molecule has 1 heterocycles. The van der Waals surface area contributed by atoms with Gasteiger partial charge in [-0.15, -0.1) is 0 Å². The van der Waals surface area contributed by atoms with Gasteiger partial charge in [-0.05, 0) is 24.6 Å². The fraction of sp³-hybridized carbons (Fsp3) is 0.455. The predicted molar refractivity (Wildman–Crippen MR) is 52.2 cm³/mol. The summed E-state index contributed by atoms with van der Waals surface area (Å²) in [5, 5.41) is 8.92. The molecular formula is C11H14O3. The minimum atomic E-state index is -0.0881. The van der Waals surface area contributed by atoms with Gasteiger partial charge in [-0.2, -0.15) is 0 Å². The number of epoxide rings is 1. The molecule has 1 aliphatic rings. The molecule has 3 heteroatoms. The molecule has 0 bridgehead atoms. The second-order valence-electron chi connectivity index (χ2n) is 3.83. The van der Waals surface area contributed by atoms with Crippen molar-refractivity contribution in [3.8, 4) is 5.75 Å². The lowest BCUT2D eigenvalue weighted by atomic mass is 10.2. The highest BCUT2D eigenvalue weighted by atomic mass is 16.6. The normalized spacial score (nSPS) is 24.7. The van der Waals surface area contributed by atoms with Gasteiger partial charge in [0.1, 0.15) is 18.0 Å². The summed E-state index contributed by atoms with van der Waals surface area (Å²) in [5.41, 5.74) is 0.777. The maximum Gasteiger partial charge on any atom is 0.123 e. The summed E-state index contributed by atoms with van der Waals surface area (Å²) >= 11 is 0. The quantitative estimate of drug-likeness (QED) is 0.735. The second kappa shape index (κ2) is 3.59. The van der Waals surface area contributed by atoms with Crippen LogP contribution in [0.5, 0.6) is 5.75 Å². The van der Waals surface area contributed by atoms with Crippen molar-refractivity contribution in [2.24, 2.45) is 0 Å². The van der Waals surface area contributed by atoms with Crippen LogP contribution >= 0.6 is 0 Å². The predicted octanol–water partition coefficient (Wildman–Crippen LogP) is 1.35. The zero-order valence-electron chi connectivity index (χ0n) is 8.19. The summed E-state index contributed by atoms with van der Waals surface area (Å²) in [6.07, 6.45) is 0. The number of aliphatic hydroxyl groups is 1. The van der Waals surface area contributed by atoms with Gasteiger partial charge in [-0.1, -0.05) is 12.1 Å². The van der Waals surface area contributed by atoms with Gasteiger partial charge in [-0.3, -0.25) is 0 Å². The molecule has 76 valence electrons. The van der Waals surface area contributed by atoms with Crippen LogP contribution in [0.3, 0.4) is 0 Å². The highest BCUT2D eigenvalue weighted by molar-refractivity contribution is 5.28. The minimum Gasteiger partial charge on any atom is -0.490 e. The van der Waals surface area contributed by atoms with Crippen LogP contribution in [-0.2, 0) is 11.3 Å². The molecule has 0 amide bonds. The summed E-state index contributed by atoms with van der Waals surface area (Å²) in [4.78, 5) is 0. The maximum atomic E-state index is 8.92. The van der Waals surface area contributed by atoms with Crippen molar-refractivity contribution in [1.29, 1.82) is 0 Å². The highest BCUT2D eigenvalue weighted by Crippen LogP contribution is 2.27. The first-order valence-corrected chi connectivity index (χ1v) is 4.68. The third-order valence-corrected chi connectivity index (χ3v) is 2.26. The van der Waals surface area contributed by atoms with E-state index >= 15 is 0 Å². The van der Waals surface area contributed by atoms with Gasteiger partial charge in [0.05, 0.1) is 13.2 Å². The molecule has 1 saturated heterocycles. The van der Waals surface area contributed by atoms with Crippen LogP contribution in [0.1, 0.15) is 12.5 Å². The van der Waals surface area contributed by atoms with Gasteiger partial charge in [0.2, 0.25) is 0 Å². The average molecular weight is 194 g/mol. The molecule has 0 radical (unpaired) electrons. The van der Waals surface area contributed by atoms with Crippen molar-refractivity contribution in [2.45, 2.75) is 19.1 Å². The fourth-order valence-electron chi connectivity index (χ4n) is 1.18. The number of ether oxygens (including phenoxy) is 2. The van der Waals surface area contributed by atoms with Gasteiger partial charge >= 0.3 is 0 Å². The van der Waals surface area contributed by atoms with Crippen LogP contribution in [0.4, 0.5) is 0 Å². The van der Waals surface area contributed by atoms with E-state index < -0.39 is 0 Å². The van der Waals surface area contributed by atoms with E-state index in [0.29, 0.717) is 6.61 Å². The third kappa shape index (κ3) is 2.25. The molecular weight excluding hydrogens is 180 g/mol. The smallest absolute Gasteiger partial charge is 0.123 e. The lowest BCUT2D eigenvalue weighted by molar-refractivity contribution is 0.202. The molecule has 0 spiro atoms. The van der Waals surface area contributed by atoms with Crippen LogP contribution in [-0.4, -0.2) is 23.9 Å². The minimum absolute atomic E-state index is 0.0466. The van der Waals surface area contributed by atoms with E-state index in [1.807, 2.05) is 31.2 Å². The molecule has 0 aromatic heterocycles. The molecule has 1 atom stereocenters. The van der Waals surface area contributed by atoms with E-state index in [0.717, 1.165) is 17.9 Å². The van der Waals surface area contributed by atoms with Crippen LogP contribution in [0.25, 0.3) is 0 Å². The molecule has 1 aromatic rings. The van der Waals surface area contributed by atoms with Crippen LogP contribution < -0.4 is 4.74 Å². The van der Waals surface area contributed by atoms with Crippen LogP contribution in [0.2, 0.25) is 0 Å². The number of hydrogen-bond acceptors (Lipinski definition) is 3. The zero-order valence-corrected chi connectivity index (χ0v) is 8.19. The third-order valence-electron chi connectivity index (χ3n) is 2.26. The zero-order chi connectivity index (χ0) is 10.0. The first-order valence-electron chi connectivity index (χ1n) is 4.68. The van der Waals surface area contributed by atoms with E-state index in [4.69, 9.17) is 14.6 Å². The van der Waals surface area contributed by atoms with E-state index in [1.54, 1.807) is 0 Å². The summed E-state index contributed by atoms with van der Waals surface area (Å²) in [7, 11) is 0. The van der Waals surface area contributed by atoms with Crippen LogP contribution in [0, 0.1) is 0 Å². The summed E-state index contributed by atoms with van der Waals surface area (Å²) in [5.74, 6) is 0.785. The highest BCUT2D eigenvalue weighted by Gasteiger charge is 2.40. The van der Waals surface area contributed by atoms with Crippen LogP contribution in [0.15, 0.2) is 24.3 Å². The van der Waals surface area contributed by atoms with E-state index in [1.165, 1.54) is 0 Å². The molecule has 0 saturated carbocycles. The second-order valence-corrected chi connectivity index (χ2v) is 3.83. The molecule has 1 fully saturated rings. The number of rotatable bonds is 4. The van der Waals surface area contributed by atoms with Gasteiger partial charge in [0.15, 0.2) is 0 Å². The van der Waals surface area contributed by atoms with Crippen molar-refractivity contribution >= 4 is 0 Å². The molecule has 14 heavy (non-hydrogen) atoms. The van der Waals surface area contributed by atoms with E-state index in [-0.39, 0.29) is 12.2 Å². The molecule has 1 aromatic carbocycles. The SMILES string of the molecule is CC1(COc2cccc(CO)c2)CO1. The van der Waals surface area contributed by atoms with Crippen molar-refractivity contribution in [3.63, 3.8) is 0 Å². The monoisotopic (exact) mass is 194 g/mol. The van der Waals surface area contributed by atoms with Crippen molar-refractivity contribution in [2.75, 3.05) is 13.2 Å². The maximum absolute atomic E-state index is 8.92. The standard InChI is InChI=1S/C11H14O3/c1-11(8-14-11)7-13-10-4-2-3-9(5-10)6-12/h2-5,12H,6-8H2,1H3. The Bertz CT molecular complexity index is 318. The van der Waals surface area contributed by atoms with Gasteiger partial charge in [0, 0.05) is 0 Å². The lowest BCUT2D eigenvalue weighted by Crippen LogP contribution is -2.16. The molecule has 1 N–H and O–H groups in total. The number of aliphatic hydroxyl groups excluding tert-OH is 1. The first kappa shape index (κ1) is 9.49. The Morgan fingerprint density at radius 3 is 3.00 bits per heavy atom. The Kier molecular flexibility index (Phi) is 2.44. The first-order chi connectivity index (χ1) is 6.72. The van der Waals surface area contributed by atoms with Crippen molar-refractivity contribution in [3.05, 3.63) is 29.8 Å².